The van der Waals surface area contributed by atoms with Crippen molar-refractivity contribution in [2.45, 2.75) is 17.9 Å². The number of sulfonamides is 1. The number of nitro benzene ring substituents is 1. The van der Waals surface area contributed by atoms with Crippen molar-refractivity contribution in [1.82, 2.24) is 4.72 Å². The number of aliphatic hydroxyl groups is 1. The molecule has 0 bridgehead atoms. The normalized spacial score (nSPS) is 13.0. The van der Waals surface area contributed by atoms with Gasteiger partial charge in [-0.3, -0.25) is 10.1 Å². The van der Waals surface area contributed by atoms with E-state index in [-0.39, 0.29) is 22.8 Å². The smallest absolute Gasteiger partial charge is 0.293 e. The Kier molecular flexibility index (Phi) is 4.81. The highest BCUT2D eigenvalue weighted by atomic mass is 32.2. The second-order valence-electron chi connectivity index (χ2n) is 3.87. The largest absolute Gasteiger partial charge is 0.392 e. The lowest BCUT2D eigenvalue weighted by molar-refractivity contribution is -0.384. The molecule has 1 atom stereocenters. The zero-order valence-corrected chi connectivity index (χ0v) is 11.3. The molecule has 0 aliphatic heterocycles. The molecule has 0 fully saturated rings. The third kappa shape index (κ3) is 3.88. The third-order valence-corrected chi connectivity index (χ3v) is 3.74. The van der Waals surface area contributed by atoms with Crippen LogP contribution < -0.4 is 10.0 Å². The molecule has 8 nitrogen and oxygen atoms in total. The van der Waals surface area contributed by atoms with Crippen molar-refractivity contribution in [2.75, 3.05) is 18.9 Å². The molecule has 0 aliphatic carbocycles. The van der Waals surface area contributed by atoms with E-state index in [0.29, 0.717) is 0 Å². The first kappa shape index (κ1) is 15.3. The molecule has 106 valence electrons. The van der Waals surface area contributed by atoms with E-state index >= 15 is 0 Å². The molecule has 0 aromatic heterocycles. The van der Waals surface area contributed by atoms with E-state index in [0.717, 1.165) is 6.07 Å². The molecule has 3 N–H and O–H groups in total. The van der Waals surface area contributed by atoms with E-state index in [1.54, 1.807) is 0 Å². The summed E-state index contributed by atoms with van der Waals surface area (Å²) in [5.74, 6) is 0. The molecule has 0 saturated heterocycles. The number of hydrogen-bond acceptors (Lipinski definition) is 6. The summed E-state index contributed by atoms with van der Waals surface area (Å²) in [5.41, 5.74) is -0.210. The maximum Gasteiger partial charge on any atom is 0.293 e. The molecule has 1 aromatic carbocycles. The van der Waals surface area contributed by atoms with Crippen molar-refractivity contribution >= 4 is 21.4 Å². The Balaban J connectivity index is 3.19. The standard InChI is InChI=1S/C10H15N3O5S/c1-7(14)6-12-9-4-3-8(19(17,18)11-2)5-10(9)13(15)16/h3-5,7,11-12,14H,6H2,1-2H3. The molecule has 1 rings (SSSR count). The van der Waals surface area contributed by atoms with Crippen LogP contribution in [0.5, 0.6) is 0 Å². The number of rotatable bonds is 6. The topological polar surface area (TPSA) is 122 Å². The van der Waals surface area contributed by atoms with Gasteiger partial charge in [0.15, 0.2) is 0 Å². The average molecular weight is 289 g/mol. The van der Waals surface area contributed by atoms with Crippen LogP contribution >= 0.6 is 0 Å². The minimum Gasteiger partial charge on any atom is -0.392 e. The number of anilines is 1. The van der Waals surface area contributed by atoms with Gasteiger partial charge >= 0.3 is 0 Å². The van der Waals surface area contributed by atoms with Gasteiger partial charge in [-0.15, -0.1) is 0 Å². The van der Waals surface area contributed by atoms with Crippen LogP contribution in [0.1, 0.15) is 6.92 Å². The van der Waals surface area contributed by atoms with Crippen LogP contribution in [0.3, 0.4) is 0 Å². The Hall–Kier alpha value is -1.71. The molecule has 0 spiro atoms. The van der Waals surface area contributed by atoms with E-state index in [1.165, 1.54) is 26.1 Å². The fraction of sp³-hybridized carbons (Fsp3) is 0.400. The zero-order valence-electron chi connectivity index (χ0n) is 10.5. The number of nitrogens with one attached hydrogen (secondary N) is 2. The number of benzene rings is 1. The summed E-state index contributed by atoms with van der Waals surface area (Å²) in [6, 6.07) is 3.52. The summed E-state index contributed by atoms with van der Waals surface area (Å²) in [6.07, 6.45) is -0.680. The van der Waals surface area contributed by atoms with Gasteiger partial charge in [0.1, 0.15) is 5.69 Å². The minimum atomic E-state index is -3.73. The Morgan fingerprint density at radius 3 is 2.58 bits per heavy atom. The fourth-order valence-corrected chi connectivity index (χ4v) is 2.10. The SMILES string of the molecule is CNS(=O)(=O)c1ccc(NCC(C)O)c([N+](=O)[O-])c1. The second kappa shape index (κ2) is 5.95. The van der Waals surface area contributed by atoms with E-state index in [1.807, 2.05) is 0 Å². The van der Waals surface area contributed by atoms with Crippen molar-refractivity contribution < 1.29 is 18.4 Å². The number of nitrogens with zero attached hydrogens (tertiary/aromatic N) is 1. The van der Waals surface area contributed by atoms with Crippen LogP contribution in [-0.4, -0.2) is 38.1 Å². The molecule has 9 heteroatoms. The highest BCUT2D eigenvalue weighted by molar-refractivity contribution is 7.89. The first-order valence-corrected chi connectivity index (χ1v) is 6.90. The van der Waals surface area contributed by atoms with Crippen LogP contribution in [0.2, 0.25) is 0 Å². The molecule has 0 radical (unpaired) electrons. The van der Waals surface area contributed by atoms with E-state index in [4.69, 9.17) is 5.11 Å². The molecular formula is C10H15N3O5S. The highest BCUT2D eigenvalue weighted by Gasteiger charge is 2.20. The summed E-state index contributed by atoms with van der Waals surface area (Å²) in [4.78, 5) is 10.0. The summed E-state index contributed by atoms with van der Waals surface area (Å²) < 4.78 is 25.2. The van der Waals surface area contributed by atoms with Crippen LogP contribution in [-0.2, 0) is 10.0 Å². The van der Waals surface area contributed by atoms with E-state index in [9.17, 15) is 18.5 Å². The Morgan fingerprint density at radius 2 is 2.11 bits per heavy atom. The Labute approximate surface area is 110 Å². The molecular weight excluding hydrogens is 274 g/mol. The van der Waals surface area contributed by atoms with Crippen molar-refractivity contribution in [1.29, 1.82) is 0 Å². The van der Waals surface area contributed by atoms with Crippen LogP contribution in [0.4, 0.5) is 11.4 Å². The van der Waals surface area contributed by atoms with Gasteiger partial charge in [0.25, 0.3) is 5.69 Å². The van der Waals surface area contributed by atoms with Gasteiger partial charge in [0.2, 0.25) is 10.0 Å². The van der Waals surface area contributed by atoms with Gasteiger partial charge in [-0.1, -0.05) is 0 Å². The fourth-order valence-electron chi connectivity index (χ4n) is 1.35. The van der Waals surface area contributed by atoms with Gasteiger partial charge in [-0.05, 0) is 26.1 Å². The number of aliphatic hydroxyl groups excluding tert-OH is 1. The maximum atomic E-state index is 11.6. The van der Waals surface area contributed by atoms with Crippen LogP contribution in [0, 0.1) is 10.1 Å². The van der Waals surface area contributed by atoms with Gasteiger partial charge in [0.05, 0.1) is 15.9 Å². The number of nitro groups is 1. The maximum absolute atomic E-state index is 11.6. The lowest BCUT2D eigenvalue weighted by atomic mass is 10.2. The first-order chi connectivity index (χ1) is 8.77. The molecule has 0 heterocycles. The monoisotopic (exact) mass is 289 g/mol. The minimum absolute atomic E-state index is 0.124. The van der Waals surface area contributed by atoms with Gasteiger partial charge < -0.3 is 10.4 Å². The third-order valence-electron chi connectivity index (χ3n) is 2.33. The van der Waals surface area contributed by atoms with E-state index in [2.05, 4.69) is 10.0 Å². The lowest BCUT2D eigenvalue weighted by Crippen LogP contribution is -2.19. The van der Waals surface area contributed by atoms with Crippen molar-refractivity contribution in [2.24, 2.45) is 0 Å². The quantitative estimate of drug-likeness (QED) is 0.511. The second-order valence-corrected chi connectivity index (χ2v) is 5.76. The first-order valence-electron chi connectivity index (χ1n) is 5.42. The van der Waals surface area contributed by atoms with Gasteiger partial charge in [0, 0.05) is 12.6 Å². The van der Waals surface area contributed by atoms with Crippen LogP contribution in [0.15, 0.2) is 23.1 Å². The van der Waals surface area contributed by atoms with Gasteiger partial charge in [-0.2, -0.15) is 0 Å². The van der Waals surface area contributed by atoms with E-state index < -0.39 is 21.1 Å². The van der Waals surface area contributed by atoms with Gasteiger partial charge in [-0.25, -0.2) is 13.1 Å². The summed E-state index contributed by atoms with van der Waals surface area (Å²) in [6.45, 7) is 1.65. The van der Waals surface area contributed by atoms with Crippen LogP contribution in [0.25, 0.3) is 0 Å². The molecule has 0 saturated carbocycles. The Morgan fingerprint density at radius 1 is 1.47 bits per heavy atom. The summed E-state index contributed by atoms with van der Waals surface area (Å²) in [7, 11) is -2.51. The molecule has 0 amide bonds. The van der Waals surface area contributed by atoms with Crippen molar-refractivity contribution in [3.05, 3.63) is 28.3 Å². The summed E-state index contributed by atoms with van der Waals surface area (Å²) >= 11 is 0. The Bertz CT molecular complexity index is 571. The van der Waals surface area contributed by atoms with Crippen molar-refractivity contribution in [3.8, 4) is 0 Å². The highest BCUT2D eigenvalue weighted by Crippen LogP contribution is 2.27. The molecule has 1 aromatic rings. The predicted molar refractivity (Wildman–Crippen MR) is 69.5 cm³/mol. The number of hydrogen-bond donors (Lipinski definition) is 3. The molecule has 0 aliphatic rings. The molecule has 1 unspecified atom stereocenters. The predicted octanol–water partition coefficient (Wildman–Crippen LogP) is 0.296. The summed E-state index contributed by atoms with van der Waals surface area (Å²) in [5, 5.41) is 22.7. The lowest BCUT2D eigenvalue weighted by Gasteiger charge is -2.10. The van der Waals surface area contributed by atoms with Crippen molar-refractivity contribution in [3.63, 3.8) is 0 Å². The molecule has 19 heavy (non-hydrogen) atoms. The zero-order chi connectivity index (χ0) is 14.6. The average Bonchev–Trinajstić information content (AvgIpc) is 2.35.